The van der Waals surface area contributed by atoms with Gasteiger partial charge in [-0.3, -0.25) is 4.57 Å². The van der Waals surface area contributed by atoms with E-state index in [-0.39, 0.29) is 24.4 Å². The highest BCUT2D eigenvalue weighted by molar-refractivity contribution is 5.95. The van der Waals surface area contributed by atoms with Gasteiger partial charge in [-0.25, -0.2) is 14.6 Å². The summed E-state index contributed by atoms with van der Waals surface area (Å²) in [6, 6.07) is 8.47. The molecule has 1 aliphatic heterocycles. The van der Waals surface area contributed by atoms with E-state index < -0.39 is 11.9 Å². The van der Waals surface area contributed by atoms with Crippen LogP contribution < -0.4 is 18.9 Å². The standard InChI is InChI=1S/C28H30N2O8/c1-5-6-7-26-29-15-19(30(26)22-9-8-20(34-2)13-21(22)28(33)36-4)11-18(27(31)32)10-17-12-24-25(38-16-37-24)14-23(17)35-3/h8-9,11-15H,5-7,10,16H2,1-4H3,(H,31,32)/b18-11-. The predicted molar refractivity (Wildman–Crippen MR) is 139 cm³/mol. The number of carboxylic acid groups (broad SMARTS) is 1. The average molecular weight is 523 g/mol. The van der Waals surface area contributed by atoms with Gasteiger partial charge >= 0.3 is 11.9 Å². The van der Waals surface area contributed by atoms with E-state index in [2.05, 4.69) is 11.9 Å². The molecule has 0 unspecified atom stereocenters. The first-order valence-electron chi connectivity index (χ1n) is 12.1. The largest absolute Gasteiger partial charge is 0.497 e. The zero-order valence-corrected chi connectivity index (χ0v) is 21.8. The molecule has 0 spiro atoms. The first-order valence-corrected chi connectivity index (χ1v) is 12.1. The number of carboxylic acids is 1. The lowest BCUT2D eigenvalue weighted by Gasteiger charge is -2.16. The SMILES string of the molecule is CCCCc1ncc(/C=C(/Cc2cc3c(cc2OC)OCO3)C(=O)O)n1-c1ccc(OC)cc1C(=O)OC. The molecule has 10 heteroatoms. The molecule has 0 saturated heterocycles. The molecule has 200 valence electrons. The first kappa shape index (κ1) is 26.6. The zero-order valence-electron chi connectivity index (χ0n) is 21.8. The number of ether oxygens (including phenoxy) is 5. The monoisotopic (exact) mass is 522 g/mol. The number of methoxy groups -OCH3 is 3. The summed E-state index contributed by atoms with van der Waals surface area (Å²) in [5, 5.41) is 10.1. The molecule has 38 heavy (non-hydrogen) atoms. The molecular formula is C28H30N2O8. The minimum absolute atomic E-state index is 0.0527. The topological polar surface area (TPSA) is 118 Å². The second kappa shape index (κ2) is 11.7. The van der Waals surface area contributed by atoms with Crippen molar-refractivity contribution in [2.24, 2.45) is 0 Å². The van der Waals surface area contributed by atoms with Gasteiger partial charge in [0.1, 0.15) is 17.3 Å². The lowest BCUT2D eigenvalue weighted by molar-refractivity contribution is -0.132. The predicted octanol–water partition coefficient (Wildman–Crippen LogP) is 4.46. The highest BCUT2D eigenvalue weighted by Gasteiger charge is 2.23. The van der Waals surface area contributed by atoms with Crippen molar-refractivity contribution < 1.29 is 38.4 Å². The van der Waals surface area contributed by atoms with Gasteiger partial charge in [-0.05, 0) is 36.8 Å². The van der Waals surface area contributed by atoms with Crippen LogP contribution in [0, 0.1) is 0 Å². The van der Waals surface area contributed by atoms with Crippen molar-refractivity contribution in [1.82, 2.24) is 9.55 Å². The maximum atomic E-state index is 12.7. The molecule has 10 nitrogen and oxygen atoms in total. The maximum absolute atomic E-state index is 12.7. The number of imidazole rings is 1. The Kier molecular flexibility index (Phi) is 8.20. The second-order valence-electron chi connectivity index (χ2n) is 8.58. The third-order valence-electron chi connectivity index (χ3n) is 6.22. The van der Waals surface area contributed by atoms with E-state index in [0.717, 1.165) is 12.8 Å². The van der Waals surface area contributed by atoms with Gasteiger partial charge in [0.2, 0.25) is 6.79 Å². The summed E-state index contributed by atoms with van der Waals surface area (Å²) in [4.78, 5) is 29.7. The fourth-order valence-electron chi connectivity index (χ4n) is 4.27. The van der Waals surface area contributed by atoms with Crippen molar-refractivity contribution in [1.29, 1.82) is 0 Å². The molecule has 1 N–H and O–H groups in total. The number of nitrogens with zero attached hydrogens (tertiary/aromatic N) is 2. The Bertz CT molecular complexity index is 1380. The van der Waals surface area contributed by atoms with Gasteiger partial charge in [-0.1, -0.05) is 13.3 Å². The summed E-state index contributed by atoms with van der Waals surface area (Å²) >= 11 is 0. The van der Waals surface area contributed by atoms with E-state index >= 15 is 0 Å². The van der Waals surface area contributed by atoms with Crippen LogP contribution in [0.3, 0.4) is 0 Å². The molecule has 3 aromatic rings. The first-order chi connectivity index (χ1) is 18.4. The average Bonchev–Trinajstić information content (AvgIpc) is 3.56. The number of unbranched alkanes of at least 4 members (excludes halogenated alkanes) is 1. The molecular weight excluding hydrogens is 492 g/mol. The molecule has 1 aliphatic rings. The lowest BCUT2D eigenvalue weighted by atomic mass is 10.0. The fourth-order valence-corrected chi connectivity index (χ4v) is 4.27. The van der Waals surface area contributed by atoms with Crippen LogP contribution in [0.2, 0.25) is 0 Å². The second-order valence-corrected chi connectivity index (χ2v) is 8.58. The van der Waals surface area contributed by atoms with Crippen molar-refractivity contribution in [3.8, 4) is 28.7 Å². The van der Waals surface area contributed by atoms with Crippen LogP contribution in [-0.2, 0) is 22.4 Å². The van der Waals surface area contributed by atoms with Crippen molar-refractivity contribution in [3.63, 3.8) is 0 Å². The highest BCUT2D eigenvalue weighted by Crippen LogP contribution is 2.39. The Morgan fingerprint density at radius 1 is 1.11 bits per heavy atom. The Morgan fingerprint density at radius 3 is 2.53 bits per heavy atom. The third-order valence-corrected chi connectivity index (χ3v) is 6.22. The van der Waals surface area contributed by atoms with Gasteiger partial charge < -0.3 is 28.8 Å². The van der Waals surface area contributed by atoms with Crippen molar-refractivity contribution in [2.45, 2.75) is 32.6 Å². The summed E-state index contributed by atoms with van der Waals surface area (Å²) < 4.78 is 28.5. The van der Waals surface area contributed by atoms with E-state index in [1.165, 1.54) is 21.3 Å². The molecule has 2 heterocycles. The van der Waals surface area contributed by atoms with Crippen LogP contribution in [-0.4, -0.2) is 54.7 Å². The van der Waals surface area contributed by atoms with E-state index in [0.29, 0.717) is 52.2 Å². The number of esters is 1. The Hall–Kier alpha value is -4.47. The van der Waals surface area contributed by atoms with Crippen molar-refractivity contribution in [2.75, 3.05) is 28.1 Å². The summed E-state index contributed by atoms with van der Waals surface area (Å²) in [5.74, 6) is 1.09. The molecule has 4 rings (SSSR count). The number of aromatic nitrogens is 2. The smallest absolute Gasteiger partial charge is 0.340 e. The fraction of sp³-hybridized carbons (Fsp3) is 0.321. The van der Waals surface area contributed by atoms with Gasteiger partial charge in [0.15, 0.2) is 11.5 Å². The van der Waals surface area contributed by atoms with Crippen molar-refractivity contribution in [3.05, 3.63) is 64.7 Å². The molecule has 2 aromatic carbocycles. The summed E-state index contributed by atoms with van der Waals surface area (Å²) in [6.07, 6.45) is 5.65. The number of carbonyl (C=O) groups excluding carboxylic acids is 1. The van der Waals surface area contributed by atoms with Crippen LogP contribution in [0.5, 0.6) is 23.0 Å². The Balaban J connectivity index is 1.84. The third kappa shape index (κ3) is 5.44. The van der Waals surface area contributed by atoms with Crippen LogP contribution in [0.25, 0.3) is 11.8 Å². The van der Waals surface area contributed by atoms with E-state index in [4.69, 9.17) is 23.7 Å². The number of fused-ring (bicyclic) bond motifs is 1. The summed E-state index contributed by atoms with van der Waals surface area (Å²) in [6.45, 7) is 2.16. The maximum Gasteiger partial charge on any atom is 0.340 e. The van der Waals surface area contributed by atoms with E-state index in [1.54, 1.807) is 47.2 Å². The molecule has 0 saturated carbocycles. The summed E-state index contributed by atoms with van der Waals surface area (Å²) in [7, 11) is 4.33. The molecule has 0 atom stereocenters. The Labute approximate surface area is 220 Å². The van der Waals surface area contributed by atoms with Crippen LogP contribution in [0.4, 0.5) is 0 Å². The molecule has 0 fully saturated rings. The quantitative estimate of drug-likeness (QED) is 0.288. The number of carbonyl (C=O) groups is 2. The van der Waals surface area contributed by atoms with Gasteiger partial charge in [-0.15, -0.1) is 0 Å². The minimum atomic E-state index is -1.10. The van der Waals surface area contributed by atoms with E-state index in [9.17, 15) is 14.7 Å². The van der Waals surface area contributed by atoms with Gasteiger partial charge in [-0.2, -0.15) is 0 Å². The van der Waals surface area contributed by atoms with Crippen LogP contribution in [0.1, 0.15) is 47.2 Å². The number of aryl methyl sites for hydroxylation is 1. The normalized spacial score (nSPS) is 12.4. The number of hydrogen-bond acceptors (Lipinski definition) is 8. The van der Waals surface area contributed by atoms with Gasteiger partial charge in [0.05, 0.1) is 44.5 Å². The molecule has 0 bridgehead atoms. The summed E-state index contributed by atoms with van der Waals surface area (Å²) in [5.41, 5.74) is 2.01. The molecule has 0 radical (unpaired) electrons. The van der Waals surface area contributed by atoms with Gasteiger partial charge in [0, 0.05) is 30.0 Å². The molecule has 0 aliphatic carbocycles. The highest BCUT2D eigenvalue weighted by atomic mass is 16.7. The molecule has 0 amide bonds. The Morgan fingerprint density at radius 2 is 1.87 bits per heavy atom. The number of rotatable bonds is 11. The van der Waals surface area contributed by atoms with Crippen molar-refractivity contribution >= 4 is 18.0 Å². The van der Waals surface area contributed by atoms with Crippen LogP contribution >= 0.6 is 0 Å². The van der Waals surface area contributed by atoms with Gasteiger partial charge in [0.25, 0.3) is 0 Å². The van der Waals surface area contributed by atoms with E-state index in [1.807, 2.05) is 0 Å². The number of hydrogen-bond donors (Lipinski definition) is 1. The minimum Gasteiger partial charge on any atom is -0.497 e. The number of aliphatic carboxylic acids is 1. The zero-order chi connectivity index (χ0) is 27.2. The van der Waals surface area contributed by atoms with Crippen LogP contribution in [0.15, 0.2) is 42.1 Å². The molecule has 1 aromatic heterocycles. The lowest BCUT2D eigenvalue weighted by Crippen LogP contribution is -2.12. The number of benzene rings is 2.